The highest BCUT2D eigenvalue weighted by Crippen LogP contribution is 2.32. The number of hydrogen-bond acceptors (Lipinski definition) is 2. The van der Waals surface area contributed by atoms with Crippen molar-refractivity contribution in [2.24, 2.45) is 0 Å². The van der Waals surface area contributed by atoms with E-state index in [2.05, 4.69) is 47.8 Å². The maximum atomic E-state index is 13.8. The number of ether oxygens (including phenoxy) is 1. The minimum atomic E-state index is -0.207. The second kappa shape index (κ2) is 8.47. The van der Waals surface area contributed by atoms with Gasteiger partial charge in [-0.15, -0.1) is 0 Å². The van der Waals surface area contributed by atoms with Crippen molar-refractivity contribution in [2.45, 2.75) is 18.4 Å². The van der Waals surface area contributed by atoms with Gasteiger partial charge in [0.25, 0.3) is 0 Å². The lowest BCUT2D eigenvalue weighted by Gasteiger charge is -2.32. The predicted molar refractivity (Wildman–Crippen MR) is 107 cm³/mol. The Hall–Kier alpha value is -2.49. The molecule has 0 bridgehead atoms. The lowest BCUT2D eigenvalue weighted by Crippen LogP contribution is -2.42. The Morgan fingerprint density at radius 2 is 1.78 bits per heavy atom. The molecule has 1 saturated heterocycles. The third-order valence-electron chi connectivity index (χ3n) is 5.23. The van der Waals surface area contributed by atoms with Gasteiger partial charge in [0.05, 0.1) is 12.7 Å². The van der Waals surface area contributed by atoms with Crippen LogP contribution in [0.25, 0.3) is 11.1 Å². The first-order valence-corrected chi connectivity index (χ1v) is 9.52. The first-order chi connectivity index (χ1) is 13.3. The van der Waals surface area contributed by atoms with Gasteiger partial charge in [0, 0.05) is 19.0 Å². The van der Waals surface area contributed by atoms with Crippen LogP contribution in [0.4, 0.5) is 4.39 Å². The van der Waals surface area contributed by atoms with Crippen LogP contribution in [0.15, 0.2) is 78.9 Å². The fraction of sp³-hybridized carbons (Fsp3) is 0.250. The van der Waals surface area contributed by atoms with Crippen molar-refractivity contribution in [3.05, 3.63) is 95.8 Å². The normalized spacial score (nSPS) is 18.2. The molecule has 0 saturated carbocycles. The lowest BCUT2D eigenvalue weighted by atomic mass is 9.84. The second-order valence-electron chi connectivity index (χ2n) is 7.00. The molecule has 3 aromatic carbocycles. The van der Waals surface area contributed by atoms with E-state index >= 15 is 0 Å². The average molecular weight is 361 g/mol. The largest absolute Gasteiger partial charge is 0.375 e. The first kappa shape index (κ1) is 17.9. The van der Waals surface area contributed by atoms with Crippen molar-refractivity contribution in [3.8, 4) is 11.1 Å². The van der Waals surface area contributed by atoms with E-state index in [4.69, 9.17) is 4.74 Å². The fourth-order valence-electron chi connectivity index (χ4n) is 3.88. The van der Waals surface area contributed by atoms with Crippen LogP contribution in [-0.4, -0.2) is 25.8 Å². The summed E-state index contributed by atoms with van der Waals surface area (Å²) < 4.78 is 19.9. The fourth-order valence-corrected chi connectivity index (χ4v) is 3.88. The molecule has 4 rings (SSSR count). The number of halogens is 1. The minimum absolute atomic E-state index is 0.127. The van der Waals surface area contributed by atoms with E-state index in [1.807, 2.05) is 18.2 Å². The number of rotatable bonds is 5. The van der Waals surface area contributed by atoms with Gasteiger partial charge in [-0.3, -0.25) is 0 Å². The zero-order chi connectivity index (χ0) is 18.5. The van der Waals surface area contributed by atoms with Gasteiger partial charge in [0.1, 0.15) is 5.82 Å². The Bertz CT molecular complexity index is 874. The third-order valence-corrected chi connectivity index (χ3v) is 5.23. The molecule has 1 N–H and O–H groups in total. The Balaban J connectivity index is 1.69. The van der Waals surface area contributed by atoms with E-state index in [0.717, 1.165) is 37.2 Å². The summed E-state index contributed by atoms with van der Waals surface area (Å²) in [5, 5.41) is 3.45. The maximum Gasteiger partial charge on any atom is 0.123 e. The third kappa shape index (κ3) is 4.26. The lowest BCUT2D eigenvalue weighted by molar-refractivity contribution is 0.0110. The SMILES string of the molecule is Fc1cccc(-c2ccccc2C[C@H](c2ccccc2)[C@@H]2CNCCO2)c1. The highest BCUT2D eigenvalue weighted by molar-refractivity contribution is 5.67. The highest BCUT2D eigenvalue weighted by Gasteiger charge is 2.27. The van der Waals surface area contributed by atoms with Crippen molar-refractivity contribution in [1.82, 2.24) is 5.32 Å². The summed E-state index contributed by atoms with van der Waals surface area (Å²) in [6.45, 7) is 2.49. The molecule has 2 atom stereocenters. The molecule has 27 heavy (non-hydrogen) atoms. The van der Waals surface area contributed by atoms with E-state index in [1.165, 1.54) is 17.2 Å². The standard InChI is InChI=1S/C24H24FNO/c25-21-11-6-10-19(15-21)22-12-5-4-9-20(22)16-23(18-7-2-1-3-8-18)24-17-26-13-14-27-24/h1-12,15,23-24,26H,13-14,16-17H2/t23-,24+/m1/s1. The number of nitrogens with one attached hydrogen (secondary N) is 1. The van der Waals surface area contributed by atoms with Crippen LogP contribution in [0.3, 0.4) is 0 Å². The van der Waals surface area contributed by atoms with Gasteiger partial charge >= 0.3 is 0 Å². The van der Waals surface area contributed by atoms with Gasteiger partial charge in [-0.05, 0) is 40.8 Å². The molecule has 0 aromatic heterocycles. The van der Waals surface area contributed by atoms with Gasteiger partial charge in [-0.25, -0.2) is 4.39 Å². The van der Waals surface area contributed by atoms with Crippen LogP contribution in [0.2, 0.25) is 0 Å². The Kier molecular flexibility index (Phi) is 5.61. The molecule has 0 aliphatic carbocycles. The van der Waals surface area contributed by atoms with E-state index < -0.39 is 0 Å². The number of benzene rings is 3. The molecular formula is C24H24FNO. The van der Waals surface area contributed by atoms with Gasteiger partial charge in [0.2, 0.25) is 0 Å². The summed E-state index contributed by atoms with van der Waals surface area (Å²) in [5.41, 5.74) is 4.49. The highest BCUT2D eigenvalue weighted by atomic mass is 19.1. The zero-order valence-corrected chi connectivity index (χ0v) is 15.3. The molecule has 1 aliphatic rings. The quantitative estimate of drug-likeness (QED) is 0.704. The monoisotopic (exact) mass is 361 g/mol. The van der Waals surface area contributed by atoms with E-state index in [-0.39, 0.29) is 17.8 Å². The second-order valence-corrected chi connectivity index (χ2v) is 7.00. The Morgan fingerprint density at radius 3 is 2.56 bits per heavy atom. The predicted octanol–water partition coefficient (Wildman–Crippen LogP) is 4.81. The molecule has 1 fully saturated rings. The summed E-state index contributed by atoms with van der Waals surface area (Å²) >= 11 is 0. The summed E-state index contributed by atoms with van der Waals surface area (Å²) in [6, 6.07) is 25.7. The van der Waals surface area contributed by atoms with E-state index in [9.17, 15) is 4.39 Å². The van der Waals surface area contributed by atoms with E-state index in [1.54, 1.807) is 12.1 Å². The molecule has 0 spiro atoms. The molecule has 1 aliphatic heterocycles. The molecule has 138 valence electrons. The van der Waals surface area contributed by atoms with Crippen molar-refractivity contribution in [3.63, 3.8) is 0 Å². The Morgan fingerprint density at radius 1 is 0.963 bits per heavy atom. The number of hydrogen-bond donors (Lipinski definition) is 1. The molecular weight excluding hydrogens is 337 g/mol. The van der Waals surface area contributed by atoms with E-state index in [0.29, 0.717) is 0 Å². The maximum absolute atomic E-state index is 13.8. The number of morpholine rings is 1. The smallest absolute Gasteiger partial charge is 0.123 e. The van der Waals surface area contributed by atoms with Crippen LogP contribution in [-0.2, 0) is 11.2 Å². The Labute approximate surface area is 160 Å². The van der Waals surface area contributed by atoms with Gasteiger partial charge in [0.15, 0.2) is 0 Å². The van der Waals surface area contributed by atoms with Crippen molar-refractivity contribution in [1.29, 1.82) is 0 Å². The summed E-state index contributed by atoms with van der Waals surface area (Å²) in [6.07, 6.45) is 0.977. The molecule has 1 heterocycles. The molecule has 0 radical (unpaired) electrons. The first-order valence-electron chi connectivity index (χ1n) is 9.52. The molecule has 2 nitrogen and oxygen atoms in total. The van der Waals surface area contributed by atoms with Crippen molar-refractivity contribution < 1.29 is 9.13 Å². The summed E-state index contributed by atoms with van der Waals surface area (Å²) in [5.74, 6) is 0.0374. The minimum Gasteiger partial charge on any atom is -0.375 e. The van der Waals surface area contributed by atoms with Crippen LogP contribution in [0.1, 0.15) is 17.0 Å². The average Bonchev–Trinajstić information content (AvgIpc) is 2.73. The van der Waals surface area contributed by atoms with Crippen LogP contribution < -0.4 is 5.32 Å². The molecule has 3 aromatic rings. The topological polar surface area (TPSA) is 21.3 Å². The van der Waals surface area contributed by atoms with Gasteiger partial charge < -0.3 is 10.1 Å². The molecule has 0 amide bonds. The van der Waals surface area contributed by atoms with Crippen LogP contribution in [0.5, 0.6) is 0 Å². The molecule has 0 unspecified atom stereocenters. The van der Waals surface area contributed by atoms with Crippen molar-refractivity contribution >= 4 is 0 Å². The molecule has 3 heteroatoms. The summed E-state index contributed by atoms with van der Waals surface area (Å²) in [7, 11) is 0. The van der Waals surface area contributed by atoms with Gasteiger partial charge in [-0.2, -0.15) is 0 Å². The van der Waals surface area contributed by atoms with Crippen molar-refractivity contribution in [2.75, 3.05) is 19.7 Å². The zero-order valence-electron chi connectivity index (χ0n) is 15.3. The summed E-state index contributed by atoms with van der Waals surface area (Å²) in [4.78, 5) is 0. The van der Waals surface area contributed by atoms with Crippen LogP contribution >= 0.6 is 0 Å². The van der Waals surface area contributed by atoms with Crippen LogP contribution in [0, 0.1) is 5.82 Å². The van der Waals surface area contributed by atoms with Gasteiger partial charge in [-0.1, -0.05) is 66.7 Å².